The zero-order chi connectivity index (χ0) is 26.0. The second-order valence-electron chi connectivity index (χ2n) is 11.0. The molecular weight excluding hydrogens is 462 g/mol. The number of aryl methyl sites for hydroxylation is 1. The molecule has 5 rings (SSSR count). The first-order valence-corrected chi connectivity index (χ1v) is 13.1. The molecule has 1 saturated heterocycles. The summed E-state index contributed by atoms with van der Waals surface area (Å²) >= 11 is 0. The third-order valence-electron chi connectivity index (χ3n) is 7.02. The van der Waals surface area contributed by atoms with E-state index in [2.05, 4.69) is 44.5 Å². The summed E-state index contributed by atoms with van der Waals surface area (Å²) in [6, 6.07) is 16.1. The minimum Gasteiger partial charge on any atom is -0.451 e. The molecule has 2 N–H and O–H groups in total. The van der Waals surface area contributed by atoms with E-state index in [1.165, 1.54) is 16.6 Å². The predicted octanol–water partition coefficient (Wildman–Crippen LogP) is 5.46. The molecule has 0 unspecified atom stereocenters. The number of fused-ring (bicyclic) bond motifs is 2. The van der Waals surface area contributed by atoms with Crippen LogP contribution in [0.2, 0.25) is 0 Å². The lowest BCUT2D eigenvalue weighted by atomic mass is 10.1. The lowest BCUT2D eigenvalue weighted by Crippen LogP contribution is -2.46. The summed E-state index contributed by atoms with van der Waals surface area (Å²) in [5.74, 6) is 0.167. The van der Waals surface area contributed by atoms with Crippen LogP contribution in [-0.2, 0) is 6.42 Å². The van der Waals surface area contributed by atoms with Crippen molar-refractivity contribution in [3.8, 4) is 6.07 Å². The Morgan fingerprint density at radius 3 is 2.65 bits per heavy atom. The molecule has 1 aliphatic heterocycles. The molecular formula is C30H35N5O2. The molecule has 37 heavy (non-hydrogen) atoms. The first-order valence-electron chi connectivity index (χ1n) is 13.1. The van der Waals surface area contributed by atoms with Crippen molar-refractivity contribution in [2.75, 3.05) is 37.6 Å². The summed E-state index contributed by atoms with van der Waals surface area (Å²) in [6.07, 6.45) is 5.40. The number of piperazine rings is 1. The Bertz CT molecular complexity index is 1440. The van der Waals surface area contributed by atoms with Gasteiger partial charge in [-0.2, -0.15) is 5.26 Å². The maximum Gasteiger partial charge on any atom is 0.287 e. The topological polar surface area (TPSA) is 88.3 Å². The molecule has 7 nitrogen and oxygen atoms in total. The molecule has 4 aromatic rings. The first kappa shape index (κ1) is 24.9. The van der Waals surface area contributed by atoms with E-state index in [9.17, 15) is 10.1 Å². The van der Waals surface area contributed by atoms with Gasteiger partial charge in [-0.05, 0) is 94.6 Å². The molecule has 0 bridgehead atoms. The lowest BCUT2D eigenvalue weighted by Gasteiger charge is -2.36. The highest BCUT2D eigenvalue weighted by molar-refractivity contribution is 5.97. The molecule has 0 saturated carbocycles. The lowest BCUT2D eigenvalue weighted by molar-refractivity contribution is 0.0893. The first-order chi connectivity index (χ1) is 17.8. The number of rotatable bonds is 7. The van der Waals surface area contributed by atoms with Crippen molar-refractivity contribution in [1.82, 2.24) is 15.2 Å². The van der Waals surface area contributed by atoms with Gasteiger partial charge in [-0.25, -0.2) is 0 Å². The highest BCUT2D eigenvalue weighted by Gasteiger charge is 2.21. The number of anilines is 1. The summed E-state index contributed by atoms with van der Waals surface area (Å²) in [4.78, 5) is 20.8. The van der Waals surface area contributed by atoms with Crippen LogP contribution in [0.15, 0.2) is 53.1 Å². The molecule has 3 heterocycles. The van der Waals surface area contributed by atoms with Gasteiger partial charge < -0.3 is 19.6 Å². The van der Waals surface area contributed by atoms with Crippen molar-refractivity contribution in [2.24, 2.45) is 0 Å². The Morgan fingerprint density at radius 2 is 1.89 bits per heavy atom. The fraction of sp³-hybridized carbons (Fsp3) is 0.400. The van der Waals surface area contributed by atoms with E-state index >= 15 is 0 Å². The molecule has 2 aromatic heterocycles. The SMILES string of the molecule is CC(C)(C)NC(=O)c1cc2cc(N3CCN(CCCCc4c[nH]c5ccc(C#N)cc45)CC3)ccc2o1. The number of unbranched alkanes of at least 4 members (excludes halogenated alkanes) is 1. The molecule has 192 valence electrons. The number of hydrogen-bond acceptors (Lipinski definition) is 5. The third-order valence-corrected chi connectivity index (χ3v) is 7.02. The second kappa shape index (κ2) is 10.3. The van der Waals surface area contributed by atoms with Crippen molar-refractivity contribution in [3.05, 3.63) is 65.5 Å². The van der Waals surface area contributed by atoms with Crippen LogP contribution < -0.4 is 10.2 Å². The highest BCUT2D eigenvalue weighted by atomic mass is 16.3. The average molecular weight is 498 g/mol. The number of carbonyl (C=O) groups is 1. The Balaban J connectivity index is 1.11. The van der Waals surface area contributed by atoms with Crippen LogP contribution in [-0.4, -0.2) is 54.1 Å². The minimum atomic E-state index is -0.306. The summed E-state index contributed by atoms with van der Waals surface area (Å²) in [6.45, 7) is 11.0. The molecule has 0 spiro atoms. The van der Waals surface area contributed by atoms with E-state index in [0.717, 1.165) is 68.5 Å². The van der Waals surface area contributed by atoms with E-state index in [1.807, 2.05) is 51.1 Å². The largest absolute Gasteiger partial charge is 0.451 e. The molecule has 0 atom stereocenters. The van der Waals surface area contributed by atoms with Crippen molar-refractivity contribution >= 4 is 33.5 Å². The fourth-order valence-corrected chi connectivity index (χ4v) is 5.08. The van der Waals surface area contributed by atoms with Gasteiger partial charge in [0.15, 0.2) is 5.76 Å². The summed E-state index contributed by atoms with van der Waals surface area (Å²) in [5.41, 5.74) is 4.71. The Labute approximate surface area is 218 Å². The number of amides is 1. The van der Waals surface area contributed by atoms with Crippen molar-refractivity contribution in [2.45, 2.75) is 45.6 Å². The molecule has 7 heteroatoms. The number of H-pyrrole nitrogens is 1. The molecule has 2 aromatic carbocycles. The zero-order valence-corrected chi connectivity index (χ0v) is 21.9. The number of furan rings is 1. The van der Waals surface area contributed by atoms with Crippen LogP contribution in [0.1, 0.15) is 55.3 Å². The predicted molar refractivity (Wildman–Crippen MR) is 148 cm³/mol. The van der Waals surface area contributed by atoms with Crippen LogP contribution >= 0.6 is 0 Å². The van der Waals surface area contributed by atoms with Crippen LogP contribution in [0.25, 0.3) is 21.9 Å². The van der Waals surface area contributed by atoms with Crippen molar-refractivity contribution in [1.29, 1.82) is 5.26 Å². The number of nitrogens with zero attached hydrogens (tertiary/aromatic N) is 3. The molecule has 0 radical (unpaired) electrons. The van der Waals surface area contributed by atoms with E-state index < -0.39 is 0 Å². The van der Waals surface area contributed by atoms with Gasteiger partial charge in [-0.1, -0.05) is 0 Å². The van der Waals surface area contributed by atoms with E-state index in [0.29, 0.717) is 11.3 Å². The molecule has 1 fully saturated rings. The molecule has 1 amide bonds. The number of benzene rings is 2. The molecule has 1 aliphatic rings. The average Bonchev–Trinajstić information content (AvgIpc) is 3.49. The standard InChI is InChI=1S/C30H35N5O2/c1-30(2,3)33-29(36)28-18-23-17-24(8-10-27(23)37-28)35-14-12-34(13-15-35)11-5-4-6-22-20-32-26-9-7-21(19-31)16-25(22)26/h7-10,16-18,20,32H,4-6,11-15H2,1-3H3,(H,33,36). The quantitative estimate of drug-likeness (QED) is 0.331. The monoisotopic (exact) mass is 497 g/mol. The van der Waals surface area contributed by atoms with Gasteiger partial charge in [0.1, 0.15) is 5.58 Å². The molecule has 0 aliphatic carbocycles. The number of nitriles is 1. The Hall–Kier alpha value is -3.76. The third kappa shape index (κ3) is 5.81. The van der Waals surface area contributed by atoms with Gasteiger partial charge in [-0.15, -0.1) is 0 Å². The maximum atomic E-state index is 12.5. The number of hydrogen-bond donors (Lipinski definition) is 2. The smallest absolute Gasteiger partial charge is 0.287 e. The number of aromatic nitrogens is 1. The van der Waals surface area contributed by atoms with Gasteiger partial charge in [0.25, 0.3) is 5.91 Å². The summed E-state index contributed by atoms with van der Waals surface area (Å²) < 4.78 is 5.80. The van der Waals surface area contributed by atoms with Gasteiger partial charge >= 0.3 is 0 Å². The Morgan fingerprint density at radius 1 is 1.08 bits per heavy atom. The highest BCUT2D eigenvalue weighted by Crippen LogP contribution is 2.27. The van der Waals surface area contributed by atoms with Gasteiger partial charge in [0, 0.05) is 59.9 Å². The van der Waals surface area contributed by atoms with Crippen LogP contribution in [0.3, 0.4) is 0 Å². The number of nitrogens with one attached hydrogen (secondary N) is 2. The summed E-state index contributed by atoms with van der Waals surface area (Å²) in [5, 5.41) is 14.3. The van der Waals surface area contributed by atoms with Crippen molar-refractivity contribution < 1.29 is 9.21 Å². The zero-order valence-electron chi connectivity index (χ0n) is 21.9. The number of aromatic amines is 1. The van der Waals surface area contributed by atoms with E-state index in [-0.39, 0.29) is 11.4 Å². The Kier molecular flexibility index (Phi) is 6.94. The van der Waals surface area contributed by atoms with E-state index in [4.69, 9.17) is 4.42 Å². The van der Waals surface area contributed by atoms with Gasteiger partial charge in [0.2, 0.25) is 0 Å². The van der Waals surface area contributed by atoms with Gasteiger partial charge in [0.05, 0.1) is 11.6 Å². The number of carbonyl (C=O) groups excluding carboxylic acids is 1. The van der Waals surface area contributed by atoms with Crippen LogP contribution in [0, 0.1) is 11.3 Å². The maximum absolute atomic E-state index is 12.5. The van der Waals surface area contributed by atoms with Gasteiger partial charge in [-0.3, -0.25) is 9.69 Å². The van der Waals surface area contributed by atoms with Crippen LogP contribution in [0.5, 0.6) is 0 Å². The van der Waals surface area contributed by atoms with E-state index in [1.54, 1.807) is 0 Å². The van der Waals surface area contributed by atoms with Crippen molar-refractivity contribution in [3.63, 3.8) is 0 Å². The summed E-state index contributed by atoms with van der Waals surface area (Å²) in [7, 11) is 0. The fourth-order valence-electron chi connectivity index (χ4n) is 5.08. The second-order valence-corrected chi connectivity index (χ2v) is 11.0. The normalized spacial score (nSPS) is 14.8. The minimum absolute atomic E-state index is 0.185. The van der Waals surface area contributed by atoms with Crippen LogP contribution in [0.4, 0.5) is 5.69 Å².